The highest BCUT2D eigenvalue weighted by Gasteiger charge is 2.52. The average Bonchev–Trinajstić information content (AvgIpc) is 3.76. The van der Waals surface area contributed by atoms with E-state index in [0.29, 0.717) is 0 Å². The van der Waals surface area contributed by atoms with Crippen LogP contribution in [0.1, 0.15) is 12.5 Å². The summed E-state index contributed by atoms with van der Waals surface area (Å²) in [6.45, 7) is -1.76. The number of nitrogens with one attached hydrogen (secondary N) is 1. The first-order valence-electron chi connectivity index (χ1n) is 13.2. The molecule has 0 aromatic carbocycles. The van der Waals surface area contributed by atoms with E-state index >= 15 is 8.78 Å². The number of nitrogens with zero attached hydrogens (tertiary/aromatic N) is 7. The summed E-state index contributed by atoms with van der Waals surface area (Å²) in [6, 6.07) is 0. The van der Waals surface area contributed by atoms with Crippen molar-refractivity contribution < 1.29 is 56.1 Å². The van der Waals surface area contributed by atoms with Crippen molar-refractivity contribution in [1.29, 1.82) is 0 Å². The average molecular weight is 694 g/mol. The molecule has 0 radical (unpaired) electrons. The number of aromatic nitrogens is 8. The second kappa shape index (κ2) is 12.6. The first kappa shape index (κ1) is 32.4. The minimum absolute atomic E-state index is 0.00263. The zero-order chi connectivity index (χ0) is 32.9. The number of phosphoric acid groups is 1. The maximum Gasteiger partial charge on any atom is 0.472 e. The Morgan fingerprint density at radius 3 is 2.37 bits per heavy atom. The highest BCUT2D eigenvalue weighted by atomic mass is 31.2. The predicted octanol–water partition coefficient (Wildman–Crippen LogP) is -1.10. The van der Waals surface area contributed by atoms with Gasteiger partial charge < -0.3 is 40.6 Å². The van der Waals surface area contributed by atoms with Crippen LogP contribution in [0.3, 0.4) is 0 Å². The number of fused-ring (bicyclic) bond motifs is 2. The molecule has 0 bridgehead atoms. The Morgan fingerprint density at radius 1 is 1.02 bits per heavy atom. The number of imidazole rings is 2. The SMILES string of the molecule is Nc1nc2c(ncn2[C@@H]2O[C@H](CO)C(OP(=O)(O)OC[C@H]3O[C@@H](n4cnc5c(N)ncnc54)[C@@H](F)[C@H]3OC[PH](=O)O)C2F)c(=O)[nH]1. The van der Waals surface area contributed by atoms with Crippen LogP contribution in [-0.4, -0.2) is 110 Å². The van der Waals surface area contributed by atoms with E-state index in [0.717, 1.165) is 21.8 Å². The van der Waals surface area contributed by atoms with Crippen molar-refractivity contribution in [2.75, 3.05) is 31.0 Å². The smallest absolute Gasteiger partial charge is 0.394 e. The number of hydrogen-bond donors (Lipinski definition) is 6. The number of aliphatic hydroxyl groups is 1. The minimum Gasteiger partial charge on any atom is -0.394 e. The monoisotopic (exact) mass is 694 g/mol. The lowest BCUT2D eigenvalue weighted by atomic mass is 10.1. The van der Waals surface area contributed by atoms with Gasteiger partial charge in [-0.05, 0) is 0 Å². The van der Waals surface area contributed by atoms with E-state index < -0.39 is 90.2 Å². The maximum atomic E-state index is 15.7. The van der Waals surface area contributed by atoms with E-state index in [9.17, 15) is 28.8 Å². The number of halogens is 2. The highest BCUT2D eigenvalue weighted by Crippen LogP contribution is 2.50. The van der Waals surface area contributed by atoms with E-state index in [4.69, 9.17) is 34.7 Å². The topological polar surface area (TPSA) is 300 Å². The summed E-state index contributed by atoms with van der Waals surface area (Å²) < 4.78 is 84.4. The van der Waals surface area contributed by atoms with Gasteiger partial charge >= 0.3 is 7.82 Å². The summed E-state index contributed by atoms with van der Waals surface area (Å²) in [6.07, 6.45) is -11.4. The molecule has 0 aliphatic carbocycles. The number of ether oxygens (including phenoxy) is 3. The number of rotatable bonds is 11. The van der Waals surface area contributed by atoms with Gasteiger partial charge in [-0.15, -0.1) is 0 Å². The molecule has 25 heteroatoms. The molecule has 4 unspecified atom stereocenters. The van der Waals surface area contributed by atoms with Crippen LogP contribution in [0.5, 0.6) is 0 Å². The fraction of sp³-hybridized carbons (Fsp3) is 0.524. The van der Waals surface area contributed by atoms with Crippen molar-refractivity contribution in [2.45, 2.75) is 49.2 Å². The van der Waals surface area contributed by atoms with Crippen LogP contribution in [0.15, 0.2) is 23.8 Å². The summed E-state index contributed by atoms with van der Waals surface area (Å²) in [7, 11) is -8.45. The summed E-state index contributed by atoms with van der Waals surface area (Å²) in [5, 5.41) is 9.80. The van der Waals surface area contributed by atoms with Gasteiger partial charge in [0.2, 0.25) is 14.0 Å². The van der Waals surface area contributed by atoms with Gasteiger partial charge in [-0.25, -0.2) is 33.3 Å². The Bertz CT molecular complexity index is 1880. The van der Waals surface area contributed by atoms with Crippen molar-refractivity contribution in [3.63, 3.8) is 0 Å². The van der Waals surface area contributed by atoms with Gasteiger partial charge in [0.25, 0.3) is 5.56 Å². The quantitative estimate of drug-likeness (QED) is 0.101. The van der Waals surface area contributed by atoms with Gasteiger partial charge in [0.15, 0.2) is 47.4 Å². The standard InChI is InChI=1S/C21H26F2N10O11P2/c22-9-13(40-6-45(36)37)8(43-19(9)32-4-28-11-15(24)26-3-27-16(11)32)2-41-46(38,39)44-14-7(1-34)42-20(10(14)23)33-5-29-12-17(33)30-21(25)31-18(12)35/h3-5,7-10,13-14,19-20,34,45H,1-2,6H2,(H,36,37)(H,38,39)(H2,24,26,27)(H3,25,30,31,35)/t7-,8-,9+,10?,13+,14?,19-,20-/m1/s1. The molecule has 2 aliphatic heterocycles. The number of aliphatic hydroxyl groups excluding tert-OH is 1. The summed E-state index contributed by atoms with van der Waals surface area (Å²) in [5.74, 6) is -0.297. The van der Waals surface area contributed by atoms with Gasteiger partial charge in [-0.1, -0.05) is 0 Å². The van der Waals surface area contributed by atoms with Crippen LogP contribution in [0, 0.1) is 0 Å². The summed E-state index contributed by atoms with van der Waals surface area (Å²) >= 11 is 0. The molecule has 8 N–H and O–H groups in total. The minimum atomic E-state index is -5.22. The molecule has 4 aromatic rings. The van der Waals surface area contributed by atoms with Gasteiger partial charge in [-0.2, -0.15) is 4.98 Å². The molecule has 0 saturated carbocycles. The van der Waals surface area contributed by atoms with Crippen LogP contribution in [0.2, 0.25) is 0 Å². The first-order valence-corrected chi connectivity index (χ1v) is 16.3. The van der Waals surface area contributed by atoms with Crippen LogP contribution < -0.4 is 17.0 Å². The summed E-state index contributed by atoms with van der Waals surface area (Å²) in [4.78, 5) is 53.8. The summed E-state index contributed by atoms with van der Waals surface area (Å²) in [5.41, 5.74) is 10.5. The lowest BCUT2D eigenvalue weighted by Gasteiger charge is -2.23. The second-order valence-electron chi connectivity index (χ2n) is 10.1. The van der Waals surface area contributed by atoms with Crippen molar-refractivity contribution in [3.8, 4) is 0 Å². The van der Waals surface area contributed by atoms with Crippen LogP contribution in [0.4, 0.5) is 20.5 Å². The third-order valence-electron chi connectivity index (χ3n) is 7.16. The van der Waals surface area contributed by atoms with E-state index in [-0.39, 0.29) is 34.1 Å². The molecule has 0 spiro atoms. The maximum absolute atomic E-state index is 15.7. The number of hydrogen-bond acceptors (Lipinski definition) is 16. The zero-order valence-electron chi connectivity index (χ0n) is 23.1. The molecule has 250 valence electrons. The Morgan fingerprint density at radius 2 is 1.67 bits per heavy atom. The van der Waals surface area contributed by atoms with E-state index in [1.807, 2.05) is 0 Å². The first-order chi connectivity index (χ1) is 21.9. The fourth-order valence-corrected chi connectivity index (χ4v) is 6.44. The molecule has 2 saturated heterocycles. The lowest BCUT2D eigenvalue weighted by molar-refractivity contribution is -0.0618. The molecule has 46 heavy (non-hydrogen) atoms. The third kappa shape index (κ3) is 6.01. The largest absolute Gasteiger partial charge is 0.472 e. The number of H-pyrrole nitrogens is 1. The Labute approximate surface area is 254 Å². The number of anilines is 2. The molecule has 6 heterocycles. The van der Waals surface area contributed by atoms with Crippen molar-refractivity contribution >= 4 is 49.9 Å². The molecular formula is C21H26F2N10O11P2. The van der Waals surface area contributed by atoms with Crippen LogP contribution in [0.25, 0.3) is 22.3 Å². The zero-order valence-corrected chi connectivity index (χ0v) is 25.0. The molecule has 6 rings (SSSR count). The molecule has 21 nitrogen and oxygen atoms in total. The molecule has 2 fully saturated rings. The number of nitrogen functional groups attached to an aromatic ring is 2. The molecule has 2 aliphatic rings. The molecule has 0 amide bonds. The highest BCUT2D eigenvalue weighted by molar-refractivity contribution is 7.47. The van der Waals surface area contributed by atoms with Gasteiger partial charge in [-0.3, -0.25) is 32.5 Å². The van der Waals surface area contributed by atoms with Gasteiger partial charge in [0.05, 0.1) is 25.9 Å². The van der Waals surface area contributed by atoms with Crippen molar-refractivity contribution in [3.05, 3.63) is 29.3 Å². The predicted molar refractivity (Wildman–Crippen MR) is 149 cm³/mol. The van der Waals surface area contributed by atoms with Gasteiger partial charge in [0, 0.05) is 0 Å². The van der Waals surface area contributed by atoms with E-state index in [2.05, 4.69) is 29.9 Å². The van der Waals surface area contributed by atoms with Crippen molar-refractivity contribution in [1.82, 2.24) is 39.0 Å². The Hall–Kier alpha value is -3.50. The van der Waals surface area contributed by atoms with Gasteiger partial charge in [0.1, 0.15) is 42.6 Å². The van der Waals surface area contributed by atoms with Crippen LogP contribution >= 0.6 is 15.9 Å². The van der Waals surface area contributed by atoms with Crippen LogP contribution in [-0.2, 0) is 32.4 Å². The van der Waals surface area contributed by atoms with Crippen molar-refractivity contribution in [2.24, 2.45) is 0 Å². The number of phosphoric ester groups is 1. The number of aromatic amines is 1. The Kier molecular flexibility index (Phi) is 8.89. The van der Waals surface area contributed by atoms with E-state index in [1.165, 1.54) is 6.33 Å². The normalized spacial score (nSPS) is 30.3. The molecule has 10 atom stereocenters. The molecule has 4 aromatic heterocycles. The lowest BCUT2D eigenvalue weighted by Crippen LogP contribution is -2.35. The van der Waals surface area contributed by atoms with E-state index in [1.54, 1.807) is 0 Å². The Balaban J connectivity index is 1.18. The molecular weight excluding hydrogens is 668 g/mol. The number of alkyl halides is 2. The third-order valence-corrected chi connectivity index (χ3v) is 8.55. The second-order valence-corrected chi connectivity index (χ2v) is 12.5. The fourth-order valence-electron chi connectivity index (χ4n) is 5.15. The number of nitrogens with two attached hydrogens (primary N) is 2.